The Bertz CT molecular complexity index is 498. The van der Waals surface area contributed by atoms with E-state index in [2.05, 4.69) is 15.1 Å². The summed E-state index contributed by atoms with van der Waals surface area (Å²) < 4.78 is 5.12. The molecular weight excluding hydrogens is 236 g/mol. The minimum absolute atomic E-state index is 0.251. The molecule has 0 atom stereocenters. The van der Waals surface area contributed by atoms with Gasteiger partial charge in [-0.1, -0.05) is 30.8 Å². The first-order valence-electron chi connectivity index (χ1n) is 5.32. The average molecular weight is 250 g/mol. The van der Waals surface area contributed by atoms with Gasteiger partial charge in [0.25, 0.3) is 0 Å². The Labute approximate surface area is 104 Å². The van der Waals surface area contributed by atoms with E-state index >= 15 is 0 Å². The third kappa shape index (κ3) is 2.97. The summed E-state index contributed by atoms with van der Waals surface area (Å²) in [5, 5.41) is 4.70. The predicted octanol–water partition coefficient (Wildman–Crippen LogP) is 2.46. The number of nitrogens with two attached hydrogens (primary N) is 1. The van der Waals surface area contributed by atoms with Crippen LogP contribution in [0.15, 0.2) is 27.9 Å². The fraction of sp³-hybridized carbons (Fsp3) is 0.364. The zero-order chi connectivity index (χ0) is 12.3. The Morgan fingerprint density at radius 1 is 1.47 bits per heavy atom. The molecule has 5 nitrogen and oxygen atoms in total. The molecule has 0 aliphatic carbocycles. The third-order valence-corrected chi connectivity index (χ3v) is 3.13. The molecule has 0 bridgehead atoms. The maximum atomic E-state index is 5.79. The van der Waals surface area contributed by atoms with Crippen LogP contribution in [0.2, 0.25) is 0 Å². The quantitative estimate of drug-likeness (QED) is 0.840. The molecule has 0 fully saturated rings. The third-order valence-electron chi connectivity index (χ3n) is 2.12. The zero-order valence-corrected chi connectivity index (χ0v) is 10.6. The number of aromatic nitrogens is 3. The van der Waals surface area contributed by atoms with Crippen molar-refractivity contribution in [2.45, 2.75) is 30.5 Å². The van der Waals surface area contributed by atoms with Gasteiger partial charge in [0.1, 0.15) is 5.03 Å². The number of rotatable bonds is 4. The van der Waals surface area contributed by atoms with Gasteiger partial charge >= 0.3 is 0 Å². The Balaban J connectivity index is 2.00. The van der Waals surface area contributed by atoms with E-state index in [-0.39, 0.29) is 5.92 Å². The van der Waals surface area contributed by atoms with Crippen molar-refractivity contribution < 1.29 is 4.52 Å². The van der Waals surface area contributed by atoms with E-state index in [0.717, 1.165) is 5.03 Å². The summed E-state index contributed by atoms with van der Waals surface area (Å²) in [5.41, 5.74) is 6.46. The number of nitrogens with zero attached hydrogens (tertiary/aromatic N) is 3. The lowest BCUT2D eigenvalue weighted by molar-refractivity contribution is 0.362. The van der Waals surface area contributed by atoms with Crippen molar-refractivity contribution >= 4 is 17.4 Å². The molecule has 17 heavy (non-hydrogen) atoms. The number of anilines is 1. The van der Waals surface area contributed by atoms with Gasteiger partial charge in [0, 0.05) is 12.1 Å². The molecule has 2 heterocycles. The SMILES string of the molecule is CC(C)c1nc(CSc2ncccc2N)no1. The molecule has 0 aliphatic rings. The normalized spacial score (nSPS) is 11.0. The molecule has 6 heteroatoms. The summed E-state index contributed by atoms with van der Waals surface area (Å²) >= 11 is 1.50. The van der Waals surface area contributed by atoms with Crippen molar-refractivity contribution in [1.29, 1.82) is 0 Å². The van der Waals surface area contributed by atoms with E-state index in [4.69, 9.17) is 10.3 Å². The van der Waals surface area contributed by atoms with Crippen molar-refractivity contribution in [3.05, 3.63) is 30.0 Å². The van der Waals surface area contributed by atoms with Crippen LogP contribution >= 0.6 is 11.8 Å². The van der Waals surface area contributed by atoms with Crippen molar-refractivity contribution in [1.82, 2.24) is 15.1 Å². The molecule has 0 spiro atoms. The Hall–Kier alpha value is -1.56. The minimum Gasteiger partial charge on any atom is -0.397 e. The summed E-state index contributed by atoms with van der Waals surface area (Å²) in [6.07, 6.45) is 1.72. The fourth-order valence-corrected chi connectivity index (χ4v) is 1.97. The van der Waals surface area contributed by atoms with Gasteiger partial charge in [-0.05, 0) is 12.1 Å². The Kier molecular flexibility index (Phi) is 3.63. The van der Waals surface area contributed by atoms with Crippen LogP contribution in [0, 0.1) is 0 Å². The van der Waals surface area contributed by atoms with Crippen molar-refractivity contribution in [3.63, 3.8) is 0 Å². The molecule has 2 aromatic heterocycles. The van der Waals surface area contributed by atoms with Crippen molar-refractivity contribution in [2.75, 3.05) is 5.73 Å². The van der Waals surface area contributed by atoms with E-state index < -0.39 is 0 Å². The molecule has 0 saturated heterocycles. The molecular formula is C11H14N4OS. The van der Waals surface area contributed by atoms with Crippen LogP contribution in [0.4, 0.5) is 5.69 Å². The second-order valence-corrected chi connectivity index (χ2v) is 4.85. The standard InChI is InChI=1S/C11H14N4OS/c1-7(2)10-14-9(15-16-10)6-17-11-8(12)4-3-5-13-11/h3-5,7H,6,12H2,1-2H3. The number of hydrogen-bond donors (Lipinski definition) is 1. The summed E-state index contributed by atoms with van der Waals surface area (Å²) in [5.74, 6) is 2.19. The molecule has 90 valence electrons. The number of pyridine rings is 1. The van der Waals surface area contributed by atoms with E-state index in [9.17, 15) is 0 Å². The minimum atomic E-state index is 0.251. The molecule has 0 unspecified atom stereocenters. The maximum Gasteiger partial charge on any atom is 0.229 e. The summed E-state index contributed by atoms with van der Waals surface area (Å²) in [7, 11) is 0. The Morgan fingerprint density at radius 3 is 2.94 bits per heavy atom. The first-order valence-corrected chi connectivity index (χ1v) is 6.31. The summed E-state index contributed by atoms with van der Waals surface area (Å²) in [6, 6.07) is 3.63. The fourth-order valence-electron chi connectivity index (χ4n) is 1.22. The van der Waals surface area contributed by atoms with Crippen LogP contribution in [0.5, 0.6) is 0 Å². The highest BCUT2D eigenvalue weighted by molar-refractivity contribution is 7.98. The van der Waals surface area contributed by atoms with Crippen molar-refractivity contribution in [3.8, 4) is 0 Å². The van der Waals surface area contributed by atoms with Crippen LogP contribution < -0.4 is 5.73 Å². The smallest absolute Gasteiger partial charge is 0.229 e. The second-order valence-electron chi connectivity index (χ2n) is 3.89. The lowest BCUT2D eigenvalue weighted by Crippen LogP contribution is -1.92. The Morgan fingerprint density at radius 2 is 2.29 bits per heavy atom. The first-order chi connectivity index (χ1) is 8.16. The van der Waals surface area contributed by atoms with E-state index in [1.807, 2.05) is 26.0 Å². The summed E-state index contributed by atoms with van der Waals surface area (Å²) in [6.45, 7) is 4.03. The van der Waals surface area contributed by atoms with Crippen LogP contribution in [0.1, 0.15) is 31.5 Å². The summed E-state index contributed by atoms with van der Waals surface area (Å²) in [4.78, 5) is 8.47. The zero-order valence-electron chi connectivity index (χ0n) is 9.75. The number of thioether (sulfide) groups is 1. The van der Waals surface area contributed by atoms with Gasteiger partial charge in [-0.2, -0.15) is 4.98 Å². The van der Waals surface area contributed by atoms with Crippen LogP contribution in [0.3, 0.4) is 0 Å². The second kappa shape index (κ2) is 5.18. The van der Waals surface area contributed by atoms with Crippen LogP contribution in [-0.4, -0.2) is 15.1 Å². The van der Waals surface area contributed by atoms with Crippen LogP contribution in [0.25, 0.3) is 0 Å². The van der Waals surface area contributed by atoms with Crippen LogP contribution in [-0.2, 0) is 5.75 Å². The van der Waals surface area contributed by atoms with Gasteiger partial charge in [0.05, 0.1) is 11.4 Å². The van der Waals surface area contributed by atoms with Gasteiger partial charge in [-0.15, -0.1) is 0 Å². The number of hydrogen-bond acceptors (Lipinski definition) is 6. The molecule has 0 saturated carbocycles. The highest BCUT2D eigenvalue weighted by Crippen LogP contribution is 2.24. The van der Waals surface area contributed by atoms with Gasteiger partial charge in [0.15, 0.2) is 5.82 Å². The molecule has 0 radical (unpaired) electrons. The lowest BCUT2D eigenvalue weighted by atomic mass is 10.2. The van der Waals surface area contributed by atoms with E-state index in [1.54, 1.807) is 6.20 Å². The van der Waals surface area contributed by atoms with Gasteiger partial charge in [0.2, 0.25) is 5.89 Å². The highest BCUT2D eigenvalue weighted by Gasteiger charge is 2.10. The largest absolute Gasteiger partial charge is 0.397 e. The molecule has 0 aliphatic heterocycles. The molecule has 0 aromatic carbocycles. The van der Waals surface area contributed by atoms with E-state index in [1.165, 1.54) is 11.8 Å². The van der Waals surface area contributed by atoms with E-state index in [0.29, 0.717) is 23.2 Å². The topological polar surface area (TPSA) is 77.8 Å². The lowest BCUT2D eigenvalue weighted by Gasteiger charge is -2.00. The molecule has 0 amide bonds. The van der Waals surface area contributed by atoms with Gasteiger partial charge < -0.3 is 10.3 Å². The average Bonchev–Trinajstić information content (AvgIpc) is 2.77. The monoisotopic (exact) mass is 250 g/mol. The molecule has 2 N–H and O–H groups in total. The maximum absolute atomic E-state index is 5.79. The van der Waals surface area contributed by atoms with Crippen molar-refractivity contribution in [2.24, 2.45) is 0 Å². The number of nitrogen functional groups attached to an aromatic ring is 1. The predicted molar refractivity (Wildman–Crippen MR) is 66.6 cm³/mol. The molecule has 2 aromatic rings. The molecule has 2 rings (SSSR count). The van der Waals surface area contributed by atoms with Gasteiger partial charge in [-0.25, -0.2) is 4.98 Å². The van der Waals surface area contributed by atoms with Gasteiger partial charge in [-0.3, -0.25) is 0 Å². The first kappa shape index (κ1) is 11.9. The highest BCUT2D eigenvalue weighted by atomic mass is 32.2.